The summed E-state index contributed by atoms with van der Waals surface area (Å²) in [4.78, 5) is 28.2. The van der Waals surface area contributed by atoms with Crippen molar-refractivity contribution in [3.63, 3.8) is 0 Å². The number of nitrogens with zero attached hydrogens (tertiary/aromatic N) is 1. The molecule has 0 fully saturated rings. The minimum Gasteiger partial charge on any atom is -0.503 e. The van der Waals surface area contributed by atoms with Crippen molar-refractivity contribution in [2.75, 3.05) is 14.2 Å². The van der Waals surface area contributed by atoms with Crippen LogP contribution in [-0.4, -0.2) is 32.1 Å². The number of esters is 1. The van der Waals surface area contributed by atoms with Gasteiger partial charge >= 0.3 is 11.9 Å². The van der Waals surface area contributed by atoms with Gasteiger partial charge in [0.1, 0.15) is 12.2 Å². The van der Waals surface area contributed by atoms with E-state index in [0.29, 0.717) is 11.1 Å². The van der Waals surface area contributed by atoms with E-state index in [9.17, 15) is 9.59 Å². The van der Waals surface area contributed by atoms with Gasteiger partial charge < -0.3 is 19.0 Å². The third-order valence-corrected chi connectivity index (χ3v) is 3.56. The van der Waals surface area contributed by atoms with Crippen molar-refractivity contribution in [2.24, 2.45) is 5.16 Å². The molecule has 0 bridgehead atoms. The highest BCUT2D eigenvalue weighted by atomic mass is 16.7. The molecule has 2 aromatic carbocycles. The van der Waals surface area contributed by atoms with Crippen LogP contribution in [0.2, 0.25) is 0 Å². The number of carbonyl (C=O) groups excluding carboxylic acids is 2. The molecule has 28 heavy (non-hydrogen) atoms. The van der Waals surface area contributed by atoms with Crippen LogP contribution in [0.4, 0.5) is 0 Å². The van der Waals surface area contributed by atoms with Crippen molar-refractivity contribution >= 4 is 23.4 Å². The molecule has 0 saturated carbocycles. The van der Waals surface area contributed by atoms with Gasteiger partial charge in [0.15, 0.2) is 0 Å². The van der Waals surface area contributed by atoms with E-state index in [1.807, 2.05) is 30.3 Å². The third kappa shape index (κ3) is 5.70. The first-order valence-electron chi connectivity index (χ1n) is 8.40. The largest absolute Gasteiger partial charge is 0.503 e. The number of benzene rings is 2. The summed E-state index contributed by atoms with van der Waals surface area (Å²) in [6.45, 7) is 1.42. The molecule has 0 aliphatic carbocycles. The average molecular weight is 383 g/mol. The Morgan fingerprint density at radius 2 is 1.61 bits per heavy atom. The molecule has 0 aromatic heterocycles. The number of methoxy groups -OCH3 is 2. The summed E-state index contributed by atoms with van der Waals surface area (Å²) in [5, 5.41) is 3.82. The van der Waals surface area contributed by atoms with Crippen molar-refractivity contribution in [1.82, 2.24) is 0 Å². The van der Waals surface area contributed by atoms with E-state index in [0.717, 1.165) is 5.56 Å². The van der Waals surface area contributed by atoms with E-state index in [4.69, 9.17) is 19.0 Å². The van der Waals surface area contributed by atoms with Gasteiger partial charge in [-0.15, -0.1) is 0 Å². The molecule has 0 amide bonds. The molecule has 2 rings (SSSR count). The topological polar surface area (TPSA) is 83.4 Å². The van der Waals surface area contributed by atoms with Gasteiger partial charge in [-0.2, -0.15) is 0 Å². The Hall–Kier alpha value is -3.61. The number of oxime groups is 1. The second-order valence-electron chi connectivity index (χ2n) is 5.56. The lowest BCUT2D eigenvalue weighted by Gasteiger charge is -2.14. The summed E-state index contributed by atoms with van der Waals surface area (Å²) >= 11 is 0. The van der Waals surface area contributed by atoms with E-state index in [-0.39, 0.29) is 18.1 Å². The van der Waals surface area contributed by atoms with Gasteiger partial charge in [0.05, 0.1) is 20.5 Å². The molecule has 0 radical (unpaired) electrons. The number of hydrogen-bond acceptors (Lipinski definition) is 7. The maximum Gasteiger partial charge on any atom is 0.341 e. The summed E-state index contributed by atoms with van der Waals surface area (Å²) in [7, 11) is 2.69. The summed E-state index contributed by atoms with van der Waals surface area (Å²) in [6, 6.07) is 16.3. The molecule has 0 aliphatic heterocycles. The van der Waals surface area contributed by atoms with E-state index in [2.05, 4.69) is 5.16 Å². The molecule has 0 saturated heterocycles. The Balaban J connectivity index is 2.45. The van der Waals surface area contributed by atoms with E-state index in [1.54, 1.807) is 24.3 Å². The van der Waals surface area contributed by atoms with Gasteiger partial charge in [0, 0.05) is 18.1 Å². The minimum absolute atomic E-state index is 0.0422. The number of ether oxygens (including phenoxy) is 3. The number of rotatable bonds is 7. The van der Waals surface area contributed by atoms with E-state index < -0.39 is 11.9 Å². The quantitative estimate of drug-likeness (QED) is 0.139. The lowest BCUT2D eigenvalue weighted by Crippen LogP contribution is -2.14. The van der Waals surface area contributed by atoms with Crippen LogP contribution in [0.1, 0.15) is 23.6 Å². The molecule has 146 valence electrons. The van der Waals surface area contributed by atoms with Gasteiger partial charge in [-0.25, -0.2) is 9.59 Å². The summed E-state index contributed by atoms with van der Waals surface area (Å²) in [5.74, 6) is -1.15. The zero-order valence-corrected chi connectivity index (χ0v) is 15.9. The first-order valence-corrected chi connectivity index (χ1v) is 8.40. The normalized spacial score (nSPS) is 11.5. The summed E-state index contributed by atoms with van der Waals surface area (Å²) in [6.07, 6.45) is 1.27. The van der Waals surface area contributed by atoms with Gasteiger partial charge in [-0.3, -0.25) is 0 Å². The first kappa shape index (κ1) is 20.7. The van der Waals surface area contributed by atoms with E-state index in [1.165, 1.54) is 27.4 Å². The second kappa shape index (κ2) is 10.5. The Kier molecular flexibility index (Phi) is 7.77. The van der Waals surface area contributed by atoms with Gasteiger partial charge in [-0.05, 0) is 16.8 Å². The first-order chi connectivity index (χ1) is 13.6. The van der Waals surface area contributed by atoms with E-state index >= 15 is 0 Å². The van der Waals surface area contributed by atoms with Gasteiger partial charge in [0.2, 0.25) is 0 Å². The van der Waals surface area contributed by atoms with Gasteiger partial charge in [0.25, 0.3) is 5.90 Å². The SMILES string of the molecule is CO/C=C(/C(=O)OC)c1ccccc1/C(=N\OC(C)=O)OCc1ccccc1. The van der Waals surface area contributed by atoms with Crippen LogP contribution < -0.4 is 0 Å². The fourth-order valence-electron chi connectivity index (χ4n) is 2.34. The zero-order chi connectivity index (χ0) is 20.4. The smallest absolute Gasteiger partial charge is 0.341 e. The molecule has 0 spiro atoms. The summed E-state index contributed by atoms with van der Waals surface area (Å²) in [5.41, 5.74) is 1.96. The minimum atomic E-state index is -0.598. The van der Waals surface area contributed by atoms with Crippen LogP contribution >= 0.6 is 0 Å². The molecule has 0 N–H and O–H groups in total. The summed E-state index contributed by atoms with van der Waals surface area (Å²) < 4.78 is 15.6. The second-order valence-corrected chi connectivity index (χ2v) is 5.56. The van der Waals surface area contributed by atoms with Crippen LogP contribution in [0, 0.1) is 0 Å². The van der Waals surface area contributed by atoms with Crippen LogP contribution in [0.25, 0.3) is 5.57 Å². The Bertz CT molecular complexity index is 873. The standard InChI is InChI=1S/C21H21NO6/c1-15(23)28-22-20(27-13-16-9-5-4-6-10-16)18-12-8-7-11-17(18)19(14-25-2)21(24)26-3/h4-12,14H,13H2,1-3H3/b19-14+,22-20+. The molecule has 0 atom stereocenters. The molecular weight excluding hydrogens is 362 g/mol. The number of hydrogen-bond donors (Lipinski definition) is 0. The third-order valence-electron chi connectivity index (χ3n) is 3.56. The van der Waals surface area contributed by atoms with Gasteiger partial charge in [-0.1, -0.05) is 48.5 Å². The van der Waals surface area contributed by atoms with Crippen LogP contribution in [0.5, 0.6) is 0 Å². The van der Waals surface area contributed by atoms with Crippen molar-refractivity contribution in [3.8, 4) is 0 Å². The Labute approximate surface area is 163 Å². The van der Waals surface area contributed by atoms with Crippen molar-refractivity contribution in [3.05, 3.63) is 77.5 Å². The number of carbonyl (C=O) groups is 2. The molecule has 0 heterocycles. The van der Waals surface area contributed by atoms with Crippen LogP contribution in [0.15, 0.2) is 66.0 Å². The van der Waals surface area contributed by atoms with Crippen molar-refractivity contribution in [2.45, 2.75) is 13.5 Å². The highest BCUT2D eigenvalue weighted by Gasteiger charge is 2.21. The van der Waals surface area contributed by atoms with Crippen molar-refractivity contribution < 1.29 is 28.6 Å². The predicted octanol–water partition coefficient (Wildman–Crippen LogP) is 3.29. The van der Waals surface area contributed by atoms with Crippen molar-refractivity contribution in [1.29, 1.82) is 0 Å². The molecule has 7 heteroatoms. The lowest BCUT2D eigenvalue weighted by atomic mass is 10.0. The Morgan fingerprint density at radius 3 is 2.21 bits per heavy atom. The van der Waals surface area contributed by atoms with Crippen LogP contribution in [-0.2, 0) is 35.2 Å². The van der Waals surface area contributed by atoms with Crippen LogP contribution in [0.3, 0.4) is 0 Å². The molecule has 0 unspecified atom stereocenters. The maximum atomic E-state index is 12.2. The maximum absolute atomic E-state index is 12.2. The zero-order valence-electron chi connectivity index (χ0n) is 15.9. The average Bonchev–Trinajstić information content (AvgIpc) is 2.72. The fourth-order valence-corrected chi connectivity index (χ4v) is 2.34. The molecule has 2 aromatic rings. The monoisotopic (exact) mass is 383 g/mol. The molecule has 7 nitrogen and oxygen atoms in total. The Morgan fingerprint density at radius 1 is 0.964 bits per heavy atom. The molecular formula is C21H21NO6. The highest BCUT2D eigenvalue weighted by Crippen LogP contribution is 2.23. The fraction of sp³-hybridized carbons (Fsp3) is 0.190. The highest BCUT2D eigenvalue weighted by molar-refractivity contribution is 6.19. The molecule has 0 aliphatic rings. The predicted molar refractivity (Wildman–Crippen MR) is 103 cm³/mol. The lowest BCUT2D eigenvalue weighted by molar-refractivity contribution is -0.141.